The van der Waals surface area contributed by atoms with Crippen LogP contribution in [0.25, 0.3) is 0 Å². The second kappa shape index (κ2) is 4.19. The number of nitrogens with zero attached hydrogens (tertiary/aromatic N) is 1. The van der Waals surface area contributed by atoms with Gasteiger partial charge in [0.25, 0.3) is 0 Å². The molecule has 0 unspecified atom stereocenters. The van der Waals surface area contributed by atoms with E-state index in [1.807, 2.05) is 18.2 Å². The molecule has 2 nitrogen and oxygen atoms in total. The average molecular weight is 208 g/mol. The third kappa shape index (κ3) is 2.29. The summed E-state index contributed by atoms with van der Waals surface area (Å²) in [5.74, 6) is 0. The molecule has 1 fully saturated rings. The van der Waals surface area contributed by atoms with Crippen LogP contribution < -0.4 is 10.6 Å². The largest absolute Gasteiger partial charge is 0.371 e. The summed E-state index contributed by atoms with van der Waals surface area (Å²) in [6.07, 6.45) is 1.08. The van der Waals surface area contributed by atoms with E-state index in [9.17, 15) is 4.39 Å². The summed E-state index contributed by atoms with van der Waals surface area (Å²) >= 11 is 0. The van der Waals surface area contributed by atoms with Crippen LogP contribution in [0.4, 0.5) is 10.1 Å². The highest BCUT2D eigenvalue weighted by Crippen LogP contribution is 2.28. The van der Waals surface area contributed by atoms with Crippen molar-refractivity contribution in [2.24, 2.45) is 5.73 Å². The van der Waals surface area contributed by atoms with Crippen molar-refractivity contribution in [3.8, 4) is 0 Å². The molecule has 0 atom stereocenters. The molecule has 1 aromatic carbocycles. The standard InChI is InChI=1S/C12H17FN2/c13-12(10-14)6-8-15(9-7-12)11-4-2-1-3-5-11/h1-5H,6-10,14H2. The van der Waals surface area contributed by atoms with Crippen LogP contribution in [-0.4, -0.2) is 25.3 Å². The first kappa shape index (κ1) is 10.4. The smallest absolute Gasteiger partial charge is 0.126 e. The SMILES string of the molecule is NCC1(F)CCN(c2ccccc2)CC1. The Hall–Kier alpha value is -1.09. The lowest BCUT2D eigenvalue weighted by Crippen LogP contribution is -2.45. The first-order valence-corrected chi connectivity index (χ1v) is 5.42. The van der Waals surface area contributed by atoms with Crippen molar-refractivity contribution in [2.75, 3.05) is 24.5 Å². The fourth-order valence-corrected chi connectivity index (χ4v) is 2.01. The molecule has 0 amide bonds. The maximum Gasteiger partial charge on any atom is 0.126 e. The number of piperidine rings is 1. The fraction of sp³-hybridized carbons (Fsp3) is 0.500. The van der Waals surface area contributed by atoms with E-state index in [2.05, 4.69) is 17.0 Å². The summed E-state index contributed by atoms with van der Waals surface area (Å²) in [5, 5.41) is 0. The molecule has 1 aliphatic heterocycles. The quantitative estimate of drug-likeness (QED) is 0.805. The number of rotatable bonds is 2. The van der Waals surface area contributed by atoms with Gasteiger partial charge >= 0.3 is 0 Å². The van der Waals surface area contributed by atoms with Gasteiger partial charge in [0, 0.05) is 38.2 Å². The number of nitrogens with two attached hydrogens (primary N) is 1. The van der Waals surface area contributed by atoms with E-state index in [-0.39, 0.29) is 6.54 Å². The Bertz CT molecular complexity index is 305. The zero-order chi connectivity index (χ0) is 10.7. The lowest BCUT2D eigenvalue weighted by atomic mass is 9.93. The third-order valence-electron chi connectivity index (χ3n) is 3.15. The van der Waals surface area contributed by atoms with Crippen LogP contribution >= 0.6 is 0 Å². The third-order valence-corrected chi connectivity index (χ3v) is 3.15. The molecule has 15 heavy (non-hydrogen) atoms. The van der Waals surface area contributed by atoms with Gasteiger partial charge in [-0.3, -0.25) is 0 Å². The summed E-state index contributed by atoms with van der Waals surface area (Å²) in [6, 6.07) is 10.1. The van der Waals surface area contributed by atoms with Crippen LogP contribution in [0.3, 0.4) is 0 Å². The van der Waals surface area contributed by atoms with Crippen molar-refractivity contribution < 1.29 is 4.39 Å². The molecule has 1 aliphatic rings. The van der Waals surface area contributed by atoms with Gasteiger partial charge in [0.15, 0.2) is 0 Å². The number of hydrogen-bond donors (Lipinski definition) is 1. The zero-order valence-corrected chi connectivity index (χ0v) is 8.82. The highest BCUT2D eigenvalue weighted by atomic mass is 19.1. The van der Waals surface area contributed by atoms with E-state index in [1.165, 1.54) is 5.69 Å². The Morgan fingerprint density at radius 3 is 2.33 bits per heavy atom. The Labute approximate surface area is 89.9 Å². The topological polar surface area (TPSA) is 29.3 Å². The molecular formula is C12H17FN2. The first-order valence-electron chi connectivity index (χ1n) is 5.42. The summed E-state index contributed by atoms with van der Waals surface area (Å²) < 4.78 is 13.8. The fourth-order valence-electron chi connectivity index (χ4n) is 2.01. The van der Waals surface area contributed by atoms with Crippen LogP contribution in [-0.2, 0) is 0 Å². The number of alkyl halides is 1. The predicted molar refractivity (Wildman–Crippen MR) is 60.8 cm³/mol. The monoisotopic (exact) mass is 208 g/mol. The highest BCUT2D eigenvalue weighted by molar-refractivity contribution is 5.46. The van der Waals surface area contributed by atoms with Crippen LogP contribution in [0.2, 0.25) is 0 Å². The van der Waals surface area contributed by atoms with Crippen molar-refractivity contribution in [1.82, 2.24) is 0 Å². The zero-order valence-electron chi connectivity index (χ0n) is 8.82. The van der Waals surface area contributed by atoms with Crippen LogP contribution in [0.5, 0.6) is 0 Å². The molecule has 0 bridgehead atoms. The second-order valence-corrected chi connectivity index (χ2v) is 4.18. The molecule has 2 rings (SSSR count). The van der Waals surface area contributed by atoms with Crippen LogP contribution in [0, 0.1) is 0 Å². The van der Waals surface area contributed by atoms with Crippen LogP contribution in [0.15, 0.2) is 30.3 Å². The van der Waals surface area contributed by atoms with Crippen LogP contribution in [0.1, 0.15) is 12.8 Å². The number of hydrogen-bond acceptors (Lipinski definition) is 2. The molecule has 0 saturated carbocycles. The van der Waals surface area contributed by atoms with Crippen molar-refractivity contribution in [3.05, 3.63) is 30.3 Å². The molecule has 1 aromatic rings. The predicted octanol–water partition coefficient (Wildman–Crippen LogP) is 1.95. The summed E-state index contributed by atoms with van der Waals surface area (Å²) in [4.78, 5) is 2.22. The highest BCUT2D eigenvalue weighted by Gasteiger charge is 2.32. The molecule has 2 N–H and O–H groups in total. The first-order chi connectivity index (χ1) is 7.23. The van der Waals surface area contributed by atoms with Crippen molar-refractivity contribution >= 4 is 5.69 Å². The Balaban J connectivity index is 2.00. The van der Waals surface area contributed by atoms with Gasteiger partial charge in [-0.25, -0.2) is 4.39 Å². The average Bonchev–Trinajstić information content (AvgIpc) is 2.31. The lowest BCUT2D eigenvalue weighted by Gasteiger charge is -2.36. The summed E-state index contributed by atoms with van der Waals surface area (Å²) in [5.41, 5.74) is 5.47. The summed E-state index contributed by atoms with van der Waals surface area (Å²) in [7, 11) is 0. The van der Waals surface area contributed by atoms with Gasteiger partial charge in [0.2, 0.25) is 0 Å². The molecule has 0 spiro atoms. The molecule has 82 valence electrons. The van der Waals surface area contributed by atoms with Gasteiger partial charge in [-0.1, -0.05) is 18.2 Å². The molecule has 0 aromatic heterocycles. The van der Waals surface area contributed by atoms with E-state index >= 15 is 0 Å². The molecule has 0 radical (unpaired) electrons. The number of benzene rings is 1. The minimum absolute atomic E-state index is 0.148. The van der Waals surface area contributed by atoms with Gasteiger partial charge in [-0.2, -0.15) is 0 Å². The second-order valence-electron chi connectivity index (χ2n) is 4.18. The minimum atomic E-state index is -1.13. The van der Waals surface area contributed by atoms with E-state index in [0.717, 1.165) is 13.1 Å². The lowest BCUT2D eigenvalue weighted by molar-refractivity contribution is 0.135. The Kier molecular flexibility index (Phi) is 2.91. The molecule has 1 heterocycles. The maximum absolute atomic E-state index is 13.8. The van der Waals surface area contributed by atoms with Gasteiger partial charge in [0.1, 0.15) is 5.67 Å². The van der Waals surface area contributed by atoms with E-state index in [1.54, 1.807) is 0 Å². The van der Waals surface area contributed by atoms with Gasteiger partial charge in [-0.15, -0.1) is 0 Å². The van der Waals surface area contributed by atoms with E-state index in [0.29, 0.717) is 12.8 Å². The molecule has 0 aliphatic carbocycles. The van der Waals surface area contributed by atoms with Gasteiger partial charge in [-0.05, 0) is 12.1 Å². The van der Waals surface area contributed by atoms with Gasteiger partial charge < -0.3 is 10.6 Å². The van der Waals surface area contributed by atoms with Crippen molar-refractivity contribution in [2.45, 2.75) is 18.5 Å². The maximum atomic E-state index is 13.8. The minimum Gasteiger partial charge on any atom is -0.371 e. The van der Waals surface area contributed by atoms with E-state index < -0.39 is 5.67 Å². The normalized spacial score (nSPS) is 20.3. The molecule has 3 heteroatoms. The molecular weight excluding hydrogens is 191 g/mol. The number of para-hydroxylation sites is 1. The van der Waals surface area contributed by atoms with E-state index in [4.69, 9.17) is 5.73 Å². The van der Waals surface area contributed by atoms with Crippen molar-refractivity contribution in [3.63, 3.8) is 0 Å². The summed E-state index contributed by atoms with van der Waals surface area (Å²) in [6.45, 7) is 1.67. The number of anilines is 1. The van der Waals surface area contributed by atoms with Gasteiger partial charge in [0.05, 0.1) is 0 Å². The molecule has 1 saturated heterocycles. The number of halogens is 1. The Morgan fingerprint density at radius 1 is 1.20 bits per heavy atom. The Morgan fingerprint density at radius 2 is 1.80 bits per heavy atom. The van der Waals surface area contributed by atoms with Crippen molar-refractivity contribution in [1.29, 1.82) is 0 Å².